The van der Waals surface area contributed by atoms with Gasteiger partial charge in [0.2, 0.25) is 5.95 Å². The third-order valence-corrected chi connectivity index (χ3v) is 6.48. The van der Waals surface area contributed by atoms with Crippen molar-refractivity contribution in [3.05, 3.63) is 36.2 Å². The van der Waals surface area contributed by atoms with E-state index in [0.29, 0.717) is 47.5 Å². The molecule has 4 N–H and O–H groups in total. The molecule has 2 atom stereocenters. The van der Waals surface area contributed by atoms with Gasteiger partial charge >= 0.3 is 0 Å². The van der Waals surface area contributed by atoms with Crippen LogP contribution >= 0.6 is 0 Å². The molecule has 1 aliphatic heterocycles. The Bertz CT molecular complexity index is 1320. The highest BCUT2D eigenvalue weighted by Crippen LogP contribution is 2.39. The van der Waals surface area contributed by atoms with Crippen molar-refractivity contribution in [1.29, 1.82) is 0 Å². The molecule has 1 aliphatic carbocycles. The number of H-pyrrole nitrogens is 1. The maximum Gasteiger partial charge on any atom is 0.231 e. The first kappa shape index (κ1) is 19.2. The van der Waals surface area contributed by atoms with Gasteiger partial charge in [-0.3, -0.25) is 5.32 Å². The van der Waals surface area contributed by atoms with Crippen LogP contribution in [0.15, 0.2) is 24.5 Å². The molecule has 6 rings (SSSR count). The standard InChI is InChI=1S/C22H24FN9/c1-11-25-8-14(9-26-11)28-22-30-20-18(16-5-12(23)6-17(24-2)19(16)29-20)21(31-22)32-10-27-13-3-4-15(32)7-13/h5-6,8-9,13,15,24,27H,3-4,7,10H2,1-2H3,(H2,28,29,30,31)/t13-,15+/m0/s1. The quantitative estimate of drug-likeness (QED) is 0.388. The molecule has 0 radical (unpaired) electrons. The van der Waals surface area contributed by atoms with Crippen molar-refractivity contribution in [3.63, 3.8) is 0 Å². The average molecular weight is 433 g/mol. The highest BCUT2D eigenvalue weighted by atomic mass is 19.1. The van der Waals surface area contributed by atoms with Crippen LogP contribution in [0.3, 0.4) is 0 Å². The average Bonchev–Trinajstić information content (AvgIpc) is 3.35. The van der Waals surface area contributed by atoms with Crippen LogP contribution in [0, 0.1) is 12.7 Å². The lowest BCUT2D eigenvalue weighted by atomic mass is 10.1. The molecule has 0 unspecified atom stereocenters. The van der Waals surface area contributed by atoms with E-state index in [1.165, 1.54) is 6.07 Å². The SMILES string of the molecule is CNc1cc(F)cc2c1[nH]c1nc(Nc3cnc(C)nc3)nc(N3CN[C@H]4CC[C@@H]3C4)c12. The maximum absolute atomic E-state index is 14.5. The van der Waals surface area contributed by atoms with Crippen LogP contribution in [-0.4, -0.2) is 50.7 Å². The van der Waals surface area contributed by atoms with Crippen LogP contribution in [0.25, 0.3) is 21.9 Å². The second-order valence-electron chi connectivity index (χ2n) is 8.49. The molecule has 9 nitrogen and oxygen atoms in total. The number of rotatable bonds is 4. The van der Waals surface area contributed by atoms with Gasteiger partial charge in [0, 0.05) is 24.5 Å². The van der Waals surface area contributed by atoms with Crippen molar-refractivity contribution < 1.29 is 4.39 Å². The molecule has 3 aromatic heterocycles. The van der Waals surface area contributed by atoms with Crippen molar-refractivity contribution in [2.75, 3.05) is 29.2 Å². The maximum atomic E-state index is 14.5. The van der Waals surface area contributed by atoms with Gasteiger partial charge in [-0.1, -0.05) is 0 Å². The second-order valence-corrected chi connectivity index (χ2v) is 8.49. The number of aromatic amines is 1. The van der Waals surface area contributed by atoms with Crippen molar-refractivity contribution >= 4 is 45.1 Å². The first-order chi connectivity index (χ1) is 15.6. The molecule has 2 bridgehead atoms. The summed E-state index contributed by atoms with van der Waals surface area (Å²) in [5.41, 5.74) is 2.85. The number of fused-ring (bicyclic) bond motifs is 5. The number of nitrogens with zero attached hydrogens (tertiary/aromatic N) is 5. The zero-order valence-electron chi connectivity index (χ0n) is 17.9. The van der Waals surface area contributed by atoms with E-state index in [1.54, 1.807) is 25.5 Å². The summed E-state index contributed by atoms with van der Waals surface area (Å²) in [5.74, 6) is 1.63. The van der Waals surface area contributed by atoms with Gasteiger partial charge in [0.25, 0.3) is 0 Å². The number of nitrogens with one attached hydrogen (secondary N) is 4. The normalized spacial score (nSPS) is 20.3. The fourth-order valence-electron chi connectivity index (χ4n) is 4.92. The molecule has 1 aromatic carbocycles. The van der Waals surface area contributed by atoms with Crippen molar-refractivity contribution in [3.8, 4) is 0 Å². The lowest BCUT2D eigenvalue weighted by molar-refractivity contribution is 0.441. The summed E-state index contributed by atoms with van der Waals surface area (Å²) >= 11 is 0. The summed E-state index contributed by atoms with van der Waals surface area (Å²) in [5, 5.41) is 11.5. The Labute approximate surface area is 183 Å². The van der Waals surface area contributed by atoms with E-state index in [9.17, 15) is 4.39 Å². The molecule has 10 heteroatoms. The highest BCUT2D eigenvalue weighted by Gasteiger charge is 2.36. The summed E-state index contributed by atoms with van der Waals surface area (Å²) in [4.78, 5) is 23.8. The minimum absolute atomic E-state index is 0.301. The molecule has 0 spiro atoms. The number of anilines is 4. The van der Waals surface area contributed by atoms with Crippen LogP contribution in [0.1, 0.15) is 25.1 Å². The zero-order valence-corrected chi connectivity index (χ0v) is 17.9. The lowest BCUT2D eigenvalue weighted by Crippen LogP contribution is -2.48. The molecule has 1 saturated carbocycles. The first-order valence-corrected chi connectivity index (χ1v) is 10.9. The number of hydrogen-bond donors (Lipinski definition) is 4. The van der Waals surface area contributed by atoms with Crippen LogP contribution in [0.4, 0.5) is 27.5 Å². The molecule has 4 heterocycles. The molecule has 4 aromatic rings. The minimum Gasteiger partial charge on any atom is -0.386 e. The largest absolute Gasteiger partial charge is 0.386 e. The Kier molecular flexibility index (Phi) is 4.35. The van der Waals surface area contributed by atoms with E-state index in [-0.39, 0.29) is 5.82 Å². The first-order valence-electron chi connectivity index (χ1n) is 10.9. The predicted octanol–water partition coefficient (Wildman–Crippen LogP) is 3.42. The topological polar surface area (TPSA) is 107 Å². The summed E-state index contributed by atoms with van der Waals surface area (Å²) in [6.07, 6.45) is 6.76. The van der Waals surface area contributed by atoms with Gasteiger partial charge in [0.15, 0.2) is 0 Å². The molecule has 32 heavy (non-hydrogen) atoms. The van der Waals surface area contributed by atoms with Gasteiger partial charge in [-0.15, -0.1) is 0 Å². The van der Waals surface area contributed by atoms with Crippen molar-refractivity contribution in [2.24, 2.45) is 0 Å². The summed E-state index contributed by atoms with van der Waals surface area (Å²) in [6, 6.07) is 4.00. The Morgan fingerprint density at radius 1 is 1.16 bits per heavy atom. The number of hydrogen-bond acceptors (Lipinski definition) is 8. The van der Waals surface area contributed by atoms with E-state index in [4.69, 9.17) is 9.97 Å². The molecule has 0 amide bonds. The van der Waals surface area contributed by atoms with Gasteiger partial charge in [0.05, 0.1) is 41.3 Å². The van der Waals surface area contributed by atoms with E-state index in [2.05, 4.69) is 35.8 Å². The zero-order chi connectivity index (χ0) is 21.8. The van der Waals surface area contributed by atoms with Gasteiger partial charge in [-0.2, -0.15) is 9.97 Å². The van der Waals surface area contributed by atoms with Crippen LogP contribution in [0.2, 0.25) is 0 Å². The van der Waals surface area contributed by atoms with Gasteiger partial charge in [-0.05, 0) is 38.3 Å². The van der Waals surface area contributed by atoms with Gasteiger partial charge < -0.3 is 20.5 Å². The van der Waals surface area contributed by atoms with Gasteiger partial charge in [-0.25, -0.2) is 14.4 Å². The Hall–Kier alpha value is -3.53. The molecular weight excluding hydrogens is 409 g/mol. The number of aryl methyl sites for hydroxylation is 1. The number of halogens is 1. The molecule has 2 fully saturated rings. The molecule has 1 saturated heterocycles. The van der Waals surface area contributed by atoms with E-state index in [1.807, 2.05) is 6.92 Å². The fraction of sp³-hybridized carbons (Fsp3) is 0.364. The molecule has 164 valence electrons. The molecular formula is C22H24FN9. The van der Waals surface area contributed by atoms with Crippen LogP contribution in [0.5, 0.6) is 0 Å². The summed E-state index contributed by atoms with van der Waals surface area (Å²) in [6.45, 7) is 2.54. The third-order valence-electron chi connectivity index (χ3n) is 6.48. The summed E-state index contributed by atoms with van der Waals surface area (Å²) in [7, 11) is 1.78. The van der Waals surface area contributed by atoms with Crippen LogP contribution < -0.4 is 20.9 Å². The number of aromatic nitrogens is 5. The fourth-order valence-corrected chi connectivity index (χ4v) is 4.92. The van der Waals surface area contributed by atoms with Crippen molar-refractivity contribution in [2.45, 2.75) is 38.3 Å². The summed E-state index contributed by atoms with van der Waals surface area (Å²) < 4.78 is 14.5. The molecule has 2 aliphatic rings. The Balaban J connectivity index is 1.56. The van der Waals surface area contributed by atoms with E-state index in [0.717, 1.165) is 41.4 Å². The second kappa shape index (κ2) is 7.27. The Morgan fingerprint density at radius 3 is 2.81 bits per heavy atom. The third kappa shape index (κ3) is 3.10. The van der Waals surface area contributed by atoms with E-state index < -0.39 is 0 Å². The highest BCUT2D eigenvalue weighted by molar-refractivity contribution is 6.14. The predicted molar refractivity (Wildman–Crippen MR) is 123 cm³/mol. The van der Waals surface area contributed by atoms with Crippen molar-refractivity contribution in [1.82, 2.24) is 30.2 Å². The van der Waals surface area contributed by atoms with E-state index >= 15 is 0 Å². The Morgan fingerprint density at radius 2 is 2.00 bits per heavy atom. The lowest BCUT2D eigenvalue weighted by Gasteiger charge is -2.35. The van der Waals surface area contributed by atoms with Crippen LogP contribution in [-0.2, 0) is 0 Å². The number of benzene rings is 1. The monoisotopic (exact) mass is 433 g/mol. The smallest absolute Gasteiger partial charge is 0.231 e. The van der Waals surface area contributed by atoms with Gasteiger partial charge in [0.1, 0.15) is 23.1 Å². The minimum atomic E-state index is -0.301.